The number of alkyl halides is 1. The fraction of sp³-hybridized carbons (Fsp3) is 0.286. The molecular formula is C14H14BrClN2OS. The highest BCUT2D eigenvalue weighted by molar-refractivity contribution is 9.10. The van der Waals surface area contributed by atoms with Crippen molar-refractivity contribution >= 4 is 49.9 Å². The van der Waals surface area contributed by atoms with Crippen molar-refractivity contribution in [3.8, 4) is 11.3 Å². The summed E-state index contributed by atoms with van der Waals surface area (Å²) in [6.45, 7) is 3.61. The molecule has 1 aromatic heterocycles. The number of nitrogens with zero attached hydrogens (tertiary/aromatic N) is 1. The fourth-order valence-electron chi connectivity index (χ4n) is 1.44. The van der Waals surface area contributed by atoms with Gasteiger partial charge in [-0.15, -0.1) is 22.9 Å². The summed E-state index contributed by atoms with van der Waals surface area (Å²) in [4.78, 5) is 16.5. The van der Waals surface area contributed by atoms with E-state index in [1.807, 2.05) is 29.6 Å². The Morgan fingerprint density at radius 3 is 2.90 bits per heavy atom. The van der Waals surface area contributed by atoms with Crippen molar-refractivity contribution in [3.63, 3.8) is 0 Å². The van der Waals surface area contributed by atoms with Crippen LogP contribution in [0.25, 0.3) is 11.3 Å². The molecule has 6 heteroatoms. The minimum atomic E-state index is -0.608. The molecule has 0 aliphatic heterocycles. The van der Waals surface area contributed by atoms with Gasteiger partial charge in [0.05, 0.1) is 11.1 Å². The van der Waals surface area contributed by atoms with Gasteiger partial charge in [0.25, 0.3) is 0 Å². The quantitative estimate of drug-likeness (QED) is 0.784. The molecule has 0 bridgehead atoms. The molecular weight excluding hydrogens is 360 g/mol. The monoisotopic (exact) mass is 372 g/mol. The Kier molecular flexibility index (Phi) is 4.83. The predicted molar refractivity (Wildman–Crippen MR) is 88.4 cm³/mol. The van der Waals surface area contributed by atoms with Crippen LogP contribution in [0.15, 0.2) is 34.1 Å². The molecule has 0 saturated carbocycles. The molecule has 20 heavy (non-hydrogen) atoms. The lowest BCUT2D eigenvalue weighted by Crippen LogP contribution is -2.32. The van der Waals surface area contributed by atoms with Crippen LogP contribution in [0.4, 0.5) is 5.13 Å². The highest BCUT2D eigenvalue weighted by atomic mass is 79.9. The van der Waals surface area contributed by atoms with Gasteiger partial charge in [-0.2, -0.15) is 0 Å². The van der Waals surface area contributed by atoms with E-state index < -0.39 is 5.41 Å². The number of anilines is 1. The first-order chi connectivity index (χ1) is 9.42. The third-order valence-electron chi connectivity index (χ3n) is 2.79. The van der Waals surface area contributed by atoms with Gasteiger partial charge in [0.1, 0.15) is 0 Å². The van der Waals surface area contributed by atoms with Gasteiger partial charge in [-0.1, -0.05) is 28.1 Å². The lowest BCUT2D eigenvalue weighted by molar-refractivity contribution is -0.122. The van der Waals surface area contributed by atoms with Crippen LogP contribution in [0.3, 0.4) is 0 Å². The van der Waals surface area contributed by atoms with E-state index in [1.54, 1.807) is 13.8 Å². The largest absolute Gasteiger partial charge is 0.301 e. The Bertz CT molecular complexity index is 627. The smallest absolute Gasteiger partial charge is 0.233 e. The number of thiazole rings is 1. The summed E-state index contributed by atoms with van der Waals surface area (Å²) >= 11 is 10.6. The summed E-state index contributed by atoms with van der Waals surface area (Å²) in [6.07, 6.45) is 0. The van der Waals surface area contributed by atoms with Gasteiger partial charge in [0.15, 0.2) is 5.13 Å². The van der Waals surface area contributed by atoms with E-state index in [2.05, 4.69) is 26.2 Å². The van der Waals surface area contributed by atoms with Crippen LogP contribution in [-0.4, -0.2) is 16.8 Å². The maximum absolute atomic E-state index is 12.0. The second kappa shape index (κ2) is 6.24. The highest BCUT2D eigenvalue weighted by Crippen LogP contribution is 2.28. The molecule has 106 valence electrons. The van der Waals surface area contributed by atoms with Crippen LogP contribution in [-0.2, 0) is 4.79 Å². The van der Waals surface area contributed by atoms with Gasteiger partial charge in [0, 0.05) is 21.3 Å². The molecule has 1 heterocycles. The molecule has 3 nitrogen and oxygen atoms in total. The van der Waals surface area contributed by atoms with Crippen molar-refractivity contribution in [2.24, 2.45) is 5.41 Å². The Balaban J connectivity index is 2.16. The number of amides is 1. The summed E-state index contributed by atoms with van der Waals surface area (Å²) in [5.74, 6) is 0.144. The van der Waals surface area contributed by atoms with E-state index in [1.165, 1.54) is 11.3 Å². The lowest BCUT2D eigenvalue weighted by Gasteiger charge is -2.18. The molecule has 0 aliphatic carbocycles. The zero-order valence-electron chi connectivity index (χ0n) is 11.1. The third-order valence-corrected chi connectivity index (χ3v) is 4.71. The summed E-state index contributed by atoms with van der Waals surface area (Å²) in [5, 5.41) is 5.32. The number of aromatic nitrogens is 1. The lowest BCUT2D eigenvalue weighted by atomic mass is 9.95. The standard InChI is InChI=1S/C14H14BrClN2OS/c1-14(2,8-16)12(19)18-13-17-11(7-20-13)9-4-3-5-10(15)6-9/h3-7H,8H2,1-2H3,(H,17,18,19). The van der Waals surface area contributed by atoms with Crippen LogP contribution in [0.2, 0.25) is 0 Å². The molecule has 2 rings (SSSR count). The van der Waals surface area contributed by atoms with Crippen LogP contribution in [0.5, 0.6) is 0 Å². The van der Waals surface area contributed by atoms with E-state index in [-0.39, 0.29) is 11.8 Å². The topological polar surface area (TPSA) is 42.0 Å². The Morgan fingerprint density at radius 1 is 1.50 bits per heavy atom. The van der Waals surface area contributed by atoms with Crippen LogP contribution in [0, 0.1) is 5.41 Å². The van der Waals surface area contributed by atoms with Crippen LogP contribution >= 0.6 is 38.9 Å². The third kappa shape index (κ3) is 3.59. The minimum Gasteiger partial charge on any atom is -0.301 e. The normalized spacial score (nSPS) is 11.4. The van der Waals surface area contributed by atoms with Gasteiger partial charge < -0.3 is 5.32 Å². The molecule has 0 aliphatic rings. The first kappa shape index (κ1) is 15.5. The van der Waals surface area contributed by atoms with Gasteiger partial charge in [-0.05, 0) is 26.0 Å². The molecule has 0 unspecified atom stereocenters. The zero-order chi connectivity index (χ0) is 14.8. The summed E-state index contributed by atoms with van der Waals surface area (Å²) in [5.41, 5.74) is 1.24. The molecule has 1 aromatic carbocycles. The second-order valence-corrected chi connectivity index (χ2v) is 7.06. The van der Waals surface area contributed by atoms with Crippen LogP contribution < -0.4 is 5.32 Å². The Hall–Kier alpha value is -0.910. The summed E-state index contributed by atoms with van der Waals surface area (Å²) < 4.78 is 0.997. The number of rotatable bonds is 4. The van der Waals surface area contributed by atoms with Crippen molar-refractivity contribution in [2.75, 3.05) is 11.2 Å². The molecule has 0 saturated heterocycles. The molecule has 0 atom stereocenters. The number of benzene rings is 1. The fourth-order valence-corrected chi connectivity index (χ4v) is 2.67. The zero-order valence-corrected chi connectivity index (χ0v) is 14.3. The van der Waals surface area contributed by atoms with E-state index >= 15 is 0 Å². The maximum Gasteiger partial charge on any atom is 0.233 e. The number of halogens is 2. The predicted octanol–water partition coefficient (Wildman–Crippen LogP) is 4.78. The second-order valence-electron chi connectivity index (χ2n) is 5.02. The van der Waals surface area contributed by atoms with E-state index in [0.29, 0.717) is 5.13 Å². The number of nitrogens with one attached hydrogen (secondary N) is 1. The van der Waals surface area contributed by atoms with Crippen LogP contribution in [0.1, 0.15) is 13.8 Å². The number of carbonyl (C=O) groups is 1. The van der Waals surface area contributed by atoms with Gasteiger partial charge >= 0.3 is 0 Å². The summed E-state index contributed by atoms with van der Waals surface area (Å²) in [6, 6.07) is 7.88. The molecule has 2 aromatic rings. The Morgan fingerprint density at radius 2 is 2.25 bits per heavy atom. The number of carbonyl (C=O) groups excluding carboxylic acids is 1. The number of hydrogen-bond acceptors (Lipinski definition) is 3. The summed E-state index contributed by atoms with van der Waals surface area (Å²) in [7, 11) is 0. The molecule has 0 radical (unpaired) electrons. The maximum atomic E-state index is 12.0. The Labute approximate surface area is 135 Å². The van der Waals surface area contributed by atoms with Gasteiger partial charge in [0.2, 0.25) is 5.91 Å². The van der Waals surface area contributed by atoms with Gasteiger partial charge in [-0.25, -0.2) is 4.98 Å². The van der Waals surface area contributed by atoms with Crippen molar-refractivity contribution < 1.29 is 4.79 Å². The number of hydrogen-bond donors (Lipinski definition) is 1. The van der Waals surface area contributed by atoms with Crippen molar-refractivity contribution in [2.45, 2.75) is 13.8 Å². The highest BCUT2D eigenvalue weighted by Gasteiger charge is 2.27. The molecule has 0 fully saturated rings. The SMILES string of the molecule is CC(C)(CCl)C(=O)Nc1nc(-c2cccc(Br)c2)cs1. The van der Waals surface area contributed by atoms with Crippen molar-refractivity contribution in [3.05, 3.63) is 34.1 Å². The average molecular weight is 374 g/mol. The molecule has 0 spiro atoms. The van der Waals surface area contributed by atoms with Crippen molar-refractivity contribution in [1.82, 2.24) is 4.98 Å². The first-order valence-electron chi connectivity index (χ1n) is 6.01. The minimum absolute atomic E-state index is 0.123. The average Bonchev–Trinajstić information content (AvgIpc) is 2.87. The molecule has 1 N–H and O–H groups in total. The van der Waals surface area contributed by atoms with Gasteiger partial charge in [-0.3, -0.25) is 4.79 Å². The van der Waals surface area contributed by atoms with E-state index in [0.717, 1.165) is 15.7 Å². The first-order valence-corrected chi connectivity index (χ1v) is 8.22. The van der Waals surface area contributed by atoms with Crippen molar-refractivity contribution in [1.29, 1.82) is 0 Å². The van der Waals surface area contributed by atoms with E-state index in [4.69, 9.17) is 11.6 Å². The molecule has 1 amide bonds. The van der Waals surface area contributed by atoms with E-state index in [9.17, 15) is 4.79 Å².